The third-order valence-corrected chi connectivity index (χ3v) is 5.58. The second-order valence-electron chi connectivity index (χ2n) is 7.95. The Morgan fingerprint density at radius 2 is 1.88 bits per heavy atom. The van der Waals surface area contributed by atoms with Crippen molar-refractivity contribution in [1.29, 1.82) is 0 Å². The highest BCUT2D eigenvalue weighted by Crippen LogP contribution is 2.24. The molecule has 0 saturated carbocycles. The topological polar surface area (TPSA) is 94.3 Å². The summed E-state index contributed by atoms with van der Waals surface area (Å²) in [6.07, 6.45) is 9.72. The second-order valence-corrected chi connectivity index (χ2v) is 7.95. The van der Waals surface area contributed by atoms with Gasteiger partial charge in [0, 0.05) is 24.9 Å². The fourth-order valence-electron chi connectivity index (χ4n) is 3.78. The Labute approximate surface area is 192 Å². The molecule has 0 aliphatic rings. The highest BCUT2D eigenvalue weighted by molar-refractivity contribution is 5.70. The molecule has 2 heterocycles. The van der Waals surface area contributed by atoms with Gasteiger partial charge in [-0.05, 0) is 39.6 Å². The van der Waals surface area contributed by atoms with Crippen LogP contribution in [0.2, 0.25) is 0 Å². The van der Waals surface area contributed by atoms with E-state index < -0.39 is 0 Å². The molecule has 1 N–H and O–H groups in total. The zero-order chi connectivity index (χ0) is 23.0. The molecular formula is C25H27N7O. The minimum absolute atomic E-state index is 0.0735. The van der Waals surface area contributed by atoms with Crippen molar-refractivity contribution in [3.8, 4) is 34.9 Å². The predicted octanol–water partition coefficient (Wildman–Crippen LogP) is 3.70. The van der Waals surface area contributed by atoms with Crippen LogP contribution in [0.4, 0.5) is 0 Å². The van der Waals surface area contributed by atoms with Crippen LogP contribution >= 0.6 is 0 Å². The number of hydrogen-bond donors (Lipinski definition) is 1. The van der Waals surface area contributed by atoms with E-state index in [1.54, 1.807) is 9.25 Å². The van der Waals surface area contributed by atoms with Crippen LogP contribution in [-0.4, -0.2) is 35.0 Å². The van der Waals surface area contributed by atoms with E-state index in [1.165, 1.54) is 0 Å². The van der Waals surface area contributed by atoms with Gasteiger partial charge in [-0.2, -0.15) is 5.10 Å². The minimum Gasteiger partial charge on any atom is -0.274 e. The molecule has 33 heavy (non-hydrogen) atoms. The molecule has 168 valence electrons. The maximum absolute atomic E-state index is 13.0. The molecule has 8 heteroatoms. The van der Waals surface area contributed by atoms with E-state index in [0.717, 1.165) is 47.3 Å². The Morgan fingerprint density at radius 1 is 1.06 bits per heavy atom. The van der Waals surface area contributed by atoms with Crippen LogP contribution in [0.3, 0.4) is 0 Å². The number of nitrogens with one attached hydrogen (secondary N) is 1. The van der Waals surface area contributed by atoms with E-state index in [-0.39, 0.29) is 5.69 Å². The summed E-state index contributed by atoms with van der Waals surface area (Å²) in [5.74, 6) is 4.02. The van der Waals surface area contributed by atoms with Gasteiger partial charge in [-0.3, -0.25) is 4.57 Å². The number of aryl methyl sites for hydroxylation is 2. The Morgan fingerprint density at radius 3 is 2.61 bits per heavy atom. The van der Waals surface area contributed by atoms with E-state index in [9.17, 15) is 4.79 Å². The summed E-state index contributed by atoms with van der Waals surface area (Å²) in [5.41, 5.74) is 4.01. The molecule has 0 bridgehead atoms. The average Bonchev–Trinajstić information content (AvgIpc) is 3.48. The molecule has 4 aromatic rings. The van der Waals surface area contributed by atoms with E-state index in [0.29, 0.717) is 31.8 Å². The molecule has 0 saturated heterocycles. The molecular weight excluding hydrogens is 414 g/mol. The van der Waals surface area contributed by atoms with E-state index in [4.69, 9.17) is 6.42 Å². The maximum atomic E-state index is 13.0. The van der Waals surface area contributed by atoms with Gasteiger partial charge in [0.1, 0.15) is 5.82 Å². The van der Waals surface area contributed by atoms with Gasteiger partial charge < -0.3 is 0 Å². The second kappa shape index (κ2) is 10.6. The van der Waals surface area contributed by atoms with E-state index >= 15 is 0 Å². The number of hydrogen-bond acceptors (Lipinski definition) is 5. The largest absolute Gasteiger partial charge is 0.346 e. The molecule has 0 atom stereocenters. The van der Waals surface area contributed by atoms with Crippen LogP contribution < -0.4 is 5.69 Å². The summed E-state index contributed by atoms with van der Waals surface area (Å²) in [6, 6.07) is 16.2. The zero-order valence-electron chi connectivity index (χ0n) is 18.7. The Bertz CT molecular complexity index is 1280. The summed E-state index contributed by atoms with van der Waals surface area (Å²) < 4.78 is 3.33. The summed E-state index contributed by atoms with van der Waals surface area (Å²) >= 11 is 0. The van der Waals surface area contributed by atoms with E-state index in [1.807, 2.05) is 36.4 Å². The van der Waals surface area contributed by atoms with Gasteiger partial charge in [-0.15, -0.1) is 17.4 Å². The molecule has 0 aliphatic heterocycles. The summed E-state index contributed by atoms with van der Waals surface area (Å²) in [4.78, 5) is 13.0. The number of H-pyrrole nitrogens is 1. The summed E-state index contributed by atoms with van der Waals surface area (Å²) in [7, 11) is 0. The van der Waals surface area contributed by atoms with Crippen LogP contribution in [-0.2, 0) is 19.5 Å². The third kappa shape index (κ3) is 5.26. The first-order valence-corrected chi connectivity index (χ1v) is 11.2. The first-order valence-electron chi connectivity index (χ1n) is 11.2. The standard InChI is InChI=1S/C25H27N7O/c1-3-5-7-16-32-25(33)31(23(28-32)11-6-4-2)18-19-12-14-20(15-13-19)21-9-8-10-22(17-21)24-26-29-30-27-24/h2,8-10,12-15,17H,3,5-7,11,16,18H2,1H3,(H,26,27,29,30). The van der Waals surface area contributed by atoms with Gasteiger partial charge in [-0.25, -0.2) is 14.6 Å². The summed E-state index contributed by atoms with van der Waals surface area (Å²) in [6.45, 7) is 3.25. The molecule has 2 aromatic carbocycles. The normalized spacial score (nSPS) is 10.9. The van der Waals surface area contributed by atoms with Crippen molar-refractivity contribution in [2.45, 2.75) is 52.1 Å². The van der Waals surface area contributed by atoms with Gasteiger partial charge >= 0.3 is 5.69 Å². The van der Waals surface area contributed by atoms with Crippen molar-refractivity contribution >= 4 is 0 Å². The van der Waals surface area contributed by atoms with Crippen molar-refractivity contribution in [2.75, 3.05) is 0 Å². The maximum Gasteiger partial charge on any atom is 0.346 e. The van der Waals surface area contributed by atoms with Crippen molar-refractivity contribution in [3.63, 3.8) is 0 Å². The average molecular weight is 442 g/mol. The highest BCUT2D eigenvalue weighted by atomic mass is 16.2. The van der Waals surface area contributed by atoms with E-state index in [2.05, 4.69) is 50.7 Å². The molecule has 0 radical (unpaired) electrons. The molecule has 0 spiro atoms. The van der Waals surface area contributed by atoms with Gasteiger partial charge in [0.15, 0.2) is 5.82 Å². The molecule has 2 aromatic heterocycles. The lowest BCUT2D eigenvalue weighted by Crippen LogP contribution is -2.26. The molecule has 0 aliphatic carbocycles. The number of terminal acetylenes is 1. The van der Waals surface area contributed by atoms with Crippen molar-refractivity contribution in [2.24, 2.45) is 0 Å². The van der Waals surface area contributed by atoms with Crippen LogP contribution in [0.25, 0.3) is 22.5 Å². The number of tetrazole rings is 1. The third-order valence-electron chi connectivity index (χ3n) is 5.58. The predicted molar refractivity (Wildman–Crippen MR) is 127 cm³/mol. The molecule has 0 amide bonds. The van der Waals surface area contributed by atoms with Crippen molar-refractivity contribution in [3.05, 3.63) is 70.4 Å². The molecule has 4 rings (SSSR count). The lowest BCUT2D eigenvalue weighted by Gasteiger charge is -2.08. The van der Waals surface area contributed by atoms with Crippen LogP contribution in [0, 0.1) is 12.3 Å². The number of unbranched alkanes of at least 4 members (excludes halogenated alkanes) is 2. The fraction of sp³-hybridized carbons (Fsp3) is 0.320. The molecule has 0 fully saturated rings. The van der Waals surface area contributed by atoms with Crippen LogP contribution in [0.15, 0.2) is 53.3 Å². The van der Waals surface area contributed by atoms with Crippen molar-refractivity contribution < 1.29 is 0 Å². The van der Waals surface area contributed by atoms with Gasteiger partial charge in [0.2, 0.25) is 0 Å². The first-order chi connectivity index (χ1) is 16.2. The van der Waals surface area contributed by atoms with Gasteiger partial charge in [-0.1, -0.05) is 62.2 Å². The molecule has 8 nitrogen and oxygen atoms in total. The first kappa shape index (κ1) is 22.2. The molecule has 0 unspecified atom stereocenters. The summed E-state index contributed by atoms with van der Waals surface area (Å²) in [5, 5.41) is 18.6. The van der Waals surface area contributed by atoms with Crippen LogP contribution in [0.5, 0.6) is 0 Å². The smallest absolute Gasteiger partial charge is 0.274 e. The lowest BCUT2D eigenvalue weighted by atomic mass is 10.0. The number of benzene rings is 2. The number of rotatable bonds is 10. The van der Waals surface area contributed by atoms with Crippen LogP contribution in [0.1, 0.15) is 44.0 Å². The quantitative estimate of drug-likeness (QED) is 0.299. The number of nitrogens with zero attached hydrogens (tertiary/aromatic N) is 6. The Balaban J connectivity index is 1.55. The van der Waals surface area contributed by atoms with Gasteiger partial charge in [0.05, 0.1) is 6.54 Å². The number of aromatic amines is 1. The van der Waals surface area contributed by atoms with Gasteiger partial charge in [0.25, 0.3) is 0 Å². The van der Waals surface area contributed by atoms with Crippen molar-refractivity contribution in [1.82, 2.24) is 35.0 Å². The monoisotopic (exact) mass is 441 g/mol. The SMILES string of the molecule is C#CCCc1nn(CCCCC)c(=O)n1Cc1ccc(-c2cccc(-c3nnn[nH]3)c2)cc1. The minimum atomic E-state index is -0.0735. The Kier molecular flexibility index (Phi) is 7.10. The Hall–Kier alpha value is -3.99. The lowest BCUT2D eigenvalue weighted by molar-refractivity contribution is 0.530. The fourth-order valence-corrected chi connectivity index (χ4v) is 3.78. The highest BCUT2D eigenvalue weighted by Gasteiger charge is 2.13. The number of aromatic nitrogens is 7. The zero-order valence-corrected chi connectivity index (χ0v) is 18.7.